The quantitative estimate of drug-likeness (QED) is 0.829. The van der Waals surface area contributed by atoms with Gasteiger partial charge in [-0.25, -0.2) is 0 Å². The standard InChI is InChI=1S/C13H18N2O4/c16-12(17)3-7-15-5-1-11(2-6-15)14-13(18)10-4-8-19-9-10/h4,8-9,11H,1-3,5-7H2,(H,14,18)(H,16,17). The number of carboxylic acids is 1. The van der Waals surface area contributed by atoms with Gasteiger partial charge in [-0.1, -0.05) is 0 Å². The summed E-state index contributed by atoms with van der Waals surface area (Å²) < 4.78 is 4.87. The Morgan fingerprint density at radius 2 is 2.16 bits per heavy atom. The maximum Gasteiger partial charge on any atom is 0.304 e. The summed E-state index contributed by atoms with van der Waals surface area (Å²) in [6.07, 6.45) is 4.78. The Morgan fingerprint density at radius 1 is 1.42 bits per heavy atom. The molecule has 1 fully saturated rings. The van der Waals surface area contributed by atoms with Crippen molar-refractivity contribution in [3.8, 4) is 0 Å². The van der Waals surface area contributed by atoms with Crippen LogP contribution in [0.1, 0.15) is 29.6 Å². The molecule has 0 unspecified atom stereocenters. The lowest BCUT2D eigenvalue weighted by Gasteiger charge is -2.31. The second kappa shape index (κ2) is 6.38. The fourth-order valence-corrected chi connectivity index (χ4v) is 2.22. The number of likely N-dealkylation sites (tertiary alicyclic amines) is 1. The molecule has 1 amide bonds. The highest BCUT2D eigenvalue weighted by atomic mass is 16.4. The Hall–Kier alpha value is -1.82. The number of carbonyl (C=O) groups is 2. The molecule has 1 aromatic rings. The predicted octanol–water partition coefficient (Wildman–Crippen LogP) is 0.948. The number of carboxylic acid groups (broad SMARTS) is 1. The highest BCUT2D eigenvalue weighted by Crippen LogP contribution is 2.11. The zero-order chi connectivity index (χ0) is 13.7. The molecule has 0 aromatic carbocycles. The average Bonchev–Trinajstić information content (AvgIpc) is 2.92. The van der Waals surface area contributed by atoms with Crippen LogP contribution in [-0.4, -0.2) is 47.6 Å². The third-order valence-electron chi connectivity index (χ3n) is 3.35. The van der Waals surface area contributed by atoms with Crippen LogP contribution in [0.15, 0.2) is 23.0 Å². The van der Waals surface area contributed by atoms with Gasteiger partial charge in [-0.3, -0.25) is 9.59 Å². The maximum absolute atomic E-state index is 11.8. The van der Waals surface area contributed by atoms with E-state index in [-0.39, 0.29) is 18.4 Å². The lowest BCUT2D eigenvalue weighted by molar-refractivity contribution is -0.137. The second-order valence-corrected chi connectivity index (χ2v) is 4.75. The fraction of sp³-hybridized carbons (Fsp3) is 0.538. The molecule has 104 valence electrons. The molecule has 0 radical (unpaired) electrons. The lowest BCUT2D eigenvalue weighted by atomic mass is 10.0. The Bertz CT molecular complexity index is 422. The number of hydrogen-bond donors (Lipinski definition) is 2. The molecule has 0 atom stereocenters. The zero-order valence-corrected chi connectivity index (χ0v) is 10.7. The van der Waals surface area contributed by atoms with Crippen molar-refractivity contribution in [3.63, 3.8) is 0 Å². The summed E-state index contributed by atoms with van der Waals surface area (Å²) in [5, 5.41) is 11.6. The van der Waals surface area contributed by atoms with Gasteiger partial charge in [0, 0.05) is 25.7 Å². The van der Waals surface area contributed by atoms with Gasteiger partial charge in [-0.2, -0.15) is 0 Å². The summed E-state index contributed by atoms with van der Waals surface area (Å²) in [6.45, 7) is 2.23. The molecular weight excluding hydrogens is 248 g/mol. The molecule has 2 N–H and O–H groups in total. The van der Waals surface area contributed by atoms with Crippen LogP contribution in [0, 0.1) is 0 Å². The van der Waals surface area contributed by atoms with E-state index in [1.165, 1.54) is 12.5 Å². The summed E-state index contributed by atoms with van der Waals surface area (Å²) in [6, 6.07) is 1.79. The maximum atomic E-state index is 11.8. The zero-order valence-electron chi connectivity index (χ0n) is 10.7. The number of carbonyl (C=O) groups excluding carboxylic acids is 1. The number of rotatable bonds is 5. The highest BCUT2D eigenvalue weighted by molar-refractivity contribution is 5.93. The van der Waals surface area contributed by atoms with Crippen LogP contribution in [0.2, 0.25) is 0 Å². The van der Waals surface area contributed by atoms with Gasteiger partial charge in [0.1, 0.15) is 6.26 Å². The van der Waals surface area contributed by atoms with Crippen molar-refractivity contribution in [2.24, 2.45) is 0 Å². The highest BCUT2D eigenvalue weighted by Gasteiger charge is 2.21. The molecule has 2 heterocycles. The second-order valence-electron chi connectivity index (χ2n) is 4.75. The van der Waals surface area contributed by atoms with Crippen LogP contribution in [-0.2, 0) is 4.79 Å². The molecule has 1 aliphatic heterocycles. The Kier molecular flexibility index (Phi) is 4.57. The largest absolute Gasteiger partial charge is 0.481 e. The molecule has 2 rings (SSSR count). The van der Waals surface area contributed by atoms with Crippen molar-refractivity contribution in [3.05, 3.63) is 24.2 Å². The van der Waals surface area contributed by atoms with E-state index < -0.39 is 5.97 Å². The van der Waals surface area contributed by atoms with Crippen LogP contribution in [0.5, 0.6) is 0 Å². The third-order valence-corrected chi connectivity index (χ3v) is 3.35. The predicted molar refractivity (Wildman–Crippen MR) is 67.9 cm³/mol. The average molecular weight is 266 g/mol. The van der Waals surface area contributed by atoms with E-state index in [0.29, 0.717) is 12.1 Å². The summed E-state index contributed by atoms with van der Waals surface area (Å²) in [7, 11) is 0. The van der Waals surface area contributed by atoms with Crippen molar-refractivity contribution >= 4 is 11.9 Å². The summed E-state index contributed by atoms with van der Waals surface area (Å²) in [4.78, 5) is 24.4. The number of hydrogen-bond acceptors (Lipinski definition) is 4. The summed E-state index contributed by atoms with van der Waals surface area (Å²) in [5.74, 6) is -0.881. The van der Waals surface area contributed by atoms with Crippen molar-refractivity contribution in [2.75, 3.05) is 19.6 Å². The van der Waals surface area contributed by atoms with E-state index in [2.05, 4.69) is 10.2 Å². The molecule has 1 saturated heterocycles. The molecule has 0 saturated carbocycles. The van der Waals surface area contributed by atoms with Gasteiger partial charge in [-0.05, 0) is 18.9 Å². The molecule has 6 heteroatoms. The number of nitrogens with one attached hydrogen (secondary N) is 1. The van der Waals surface area contributed by atoms with Crippen molar-refractivity contribution < 1.29 is 19.1 Å². The minimum Gasteiger partial charge on any atom is -0.481 e. The molecule has 1 aliphatic rings. The number of nitrogens with zero attached hydrogens (tertiary/aromatic N) is 1. The van der Waals surface area contributed by atoms with E-state index in [9.17, 15) is 9.59 Å². The Morgan fingerprint density at radius 3 is 2.74 bits per heavy atom. The van der Waals surface area contributed by atoms with Crippen LogP contribution < -0.4 is 5.32 Å². The molecule has 0 aliphatic carbocycles. The molecule has 0 bridgehead atoms. The molecule has 0 spiro atoms. The van der Waals surface area contributed by atoms with E-state index in [1.807, 2.05) is 0 Å². The van der Waals surface area contributed by atoms with Crippen LogP contribution in [0.4, 0.5) is 0 Å². The number of furan rings is 1. The van der Waals surface area contributed by atoms with Gasteiger partial charge in [-0.15, -0.1) is 0 Å². The van der Waals surface area contributed by atoms with Crippen LogP contribution in [0.3, 0.4) is 0 Å². The third kappa shape index (κ3) is 4.10. The topological polar surface area (TPSA) is 82.8 Å². The fourth-order valence-electron chi connectivity index (χ4n) is 2.22. The minimum atomic E-state index is -0.768. The molecule has 6 nitrogen and oxygen atoms in total. The number of aliphatic carboxylic acids is 1. The first-order valence-electron chi connectivity index (χ1n) is 6.42. The minimum absolute atomic E-state index is 0.113. The lowest BCUT2D eigenvalue weighted by Crippen LogP contribution is -2.45. The van der Waals surface area contributed by atoms with Crippen LogP contribution >= 0.6 is 0 Å². The Labute approximate surface area is 111 Å². The van der Waals surface area contributed by atoms with Gasteiger partial charge in [0.15, 0.2) is 0 Å². The SMILES string of the molecule is O=C(O)CCN1CCC(NC(=O)c2ccoc2)CC1. The number of piperidine rings is 1. The van der Waals surface area contributed by atoms with Crippen molar-refractivity contribution in [1.29, 1.82) is 0 Å². The molecular formula is C13H18N2O4. The van der Waals surface area contributed by atoms with Crippen molar-refractivity contribution in [1.82, 2.24) is 10.2 Å². The molecule has 1 aromatic heterocycles. The summed E-state index contributed by atoms with van der Waals surface area (Å²) >= 11 is 0. The monoisotopic (exact) mass is 266 g/mol. The van der Waals surface area contributed by atoms with Crippen LogP contribution in [0.25, 0.3) is 0 Å². The Balaban J connectivity index is 1.71. The smallest absolute Gasteiger partial charge is 0.304 e. The first kappa shape index (κ1) is 13.6. The van der Waals surface area contributed by atoms with E-state index in [4.69, 9.17) is 9.52 Å². The van der Waals surface area contributed by atoms with E-state index in [0.717, 1.165) is 25.9 Å². The van der Waals surface area contributed by atoms with Gasteiger partial charge in [0.05, 0.1) is 18.2 Å². The van der Waals surface area contributed by atoms with Gasteiger partial charge in [0.25, 0.3) is 5.91 Å². The van der Waals surface area contributed by atoms with Crippen molar-refractivity contribution in [2.45, 2.75) is 25.3 Å². The normalized spacial score (nSPS) is 17.3. The first-order chi connectivity index (χ1) is 9.15. The van der Waals surface area contributed by atoms with Gasteiger partial charge < -0.3 is 19.7 Å². The first-order valence-corrected chi connectivity index (χ1v) is 6.42. The summed E-state index contributed by atoms with van der Waals surface area (Å²) in [5.41, 5.74) is 0.535. The van der Waals surface area contributed by atoms with E-state index >= 15 is 0 Å². The number of amides is 1. The molecule has 19 heavy (non-hydrogen) atoms. The van der Waals surface area contributed by atoms with Gasteiger partial charge >= 0.3 is 5.97 Å². The van der Waals surface area contributed by atoms with Gasteiger partial charge in [0.2, 0.25) is 0 Å². The van der Waals surface area contributed by atoms with E-state index in [1.54, 1.807) is 6.07 Å².